The molecule has 0 fully saturated rings. The maximum Gasteiger partial charge on any atom is 0.266 e. The molecule has 4 nitrogen and oxygen atoms in total. The number of nitrogens with zero attached hydrogens (tertiary/aromatic N) is 1. The predicted octanol–water partition coefficient (Wildman–Crippen LogP) is 6.76. The van der Waals surface area contributed by atoms with E-state index in [1.54, 1.807) is 48.5 Å². The number of amides is 1. The van der Waals surface area contributed by atoms with Crippen LogP contribution in [-0.4, -0.2) is 5.91 Å². The zero-order valence-electron chi connectivity index (χ0n) is 14.6. The molecule has 7 heteroatoms. The Hall–Kier alpha value is -2.71. The van der Waals surface area contributed by atoms with Crippen LogP contribution in [0.3, 0.4) is 0 Å². The largest absolute Gasteiger partial charge is 0.457 e. The van der Waals surface area contributed by atoms with Gasteiger partial charge in [0.15, 0.2) is 0 Å². The van der Waals surface area contributed by atoms with Gasteiger partial charge in [-0.2, -0.15) is 5.26 Å². The summed E-state index contributed by atoms with van der Waals surface area (Å²) in [5.41, 5.74) is 2.00. The molecule has 1 aromatic heterocycles. The number of hydrogen-bond donors (Lipinski definition) is 1. The van der Waals surface area contributed by atoms with Gasteiger partial charge in [0, 0.05) is 22.3 Å². The Morgan fingerprint density at radius 3 is 2.54 bits per heavy atom. The van der Waals surface area contributed by atoms with Gasteiger partial charge >= 0.3 is 0 Å². The fourth-order valence-electron chi connectivity index (χ4n) is 2.48. The third-order valence-electron chi connectivity index (χ3n) is 3.92. The van der Waals surface area contributed by atoms with Crippen molar-refractivity contribution in [1.82, 2.24) is 0 Å². The van der Waals surface area contributed by atoms with E-state index in [4.69, 9.17) is 39.2 Å². The minimum Gasteiger partial charge on any atom is -0.457 e. The first-order chi connectivity index (χ1) is 13.4. The summed E-state index contributed by atoms with van der Waals surface area (Å²) in [6, 6.07) is 15.5. The number of rotatable bonds is 4. The Kier molecular flexibility index (Phi) is 6.11. The molecule has 0 saturated carbocycles. The predicted molar refractivity (Wildman–Crippen MR) is 113 cm³/mol. The summed E-state index contributed by atoms with van der Waals surface area (Å²) in [5.74, 6) is 0.358. The highest BCUT2D eigenvalue weighted by Crippen LogP contribution is 2.30. The average Bonchev–Trinajstić information content (AvgIpc) is 3.13. The first kappa shape index (κ1) is 20.0. The minimum atomic E-state index is -0.541. The molecular formula is C21H13Cl3N2O2. The maximum absolute atomic E-state index is 12.4. The topological polar surface area (TPSA) is 66.0 Å². The number of carbonyl (C=O) groups excluding carboxylic acids is 1. The number of nitrogens with one attached hydrogen (secondary N) is 1. The van der Waals surface area contributed by atoms with Crippen molar-refractivity contribution in [1.29, 1.82) is 5.26 Å². The zero-order valence-corrected chi connectivity index (χ0v) is 16.9. The fourth-order valence-corrected chi connectivity index (χ4v) is 3.01. The summed E-state index contributed by atoms with van der Waals surface area (Å²) in [7, 11) is 0. The van der Waals surface area contributed by atoms with E-state index in [0.29, 0.717) is 32.3 Å². The molecule has 140 valence electrons. The SMILES string of the molecule is Cc1cc(Cl)ccc1NC(=O)/C(C#N)=C/c1ccc(-c2ccc(Cl)c(Cl)c2)o1. The van der Waals surface area contributed by atoms with E-state index in [9.17, 15) is 10.1 Å². The molecule has 0 aliphatic rings. The van der Waals surface area contributed by atoms with Crippen LogP contribution in [0.15, 0.2) is 58.5 Å². The van der Waals surface area contributed by atoms with Gasteiger partial charge in [-0.3, -0.25) is 4.79 Å². The molecule has 28 heavy (non-hydrogen) atoms. The van der Waals surface area contributed by atoms with Crippen LogP contribution in [0.25, 0.3) is 17.4 Å². The molecule has 0 aliphatic carbocycles. The number of carbonyl (C=O) groups is 1. The van der Waals surface area contributed by atoms with Crippen LogP contribution in [0.1, 0.15) is 11.3 Å². The van der Waals surface area contributed by atoms with Crippen molar-refractivity contribution >= 4 is 52.5 Å². The molecule has 1 heterocycles. The van der Waals surface area contributed by atoms with E-state index in [0.717, 1.165) is 11.1 Å². The number of furan rings is 1. The van der Waals surface area contributed by atoms with E-state index in [1.807, 2.05) is 13.0 Å². The van der Waals surface area contributed by atoms with Crippen LogP contribution in [0, 0.1) is 18.3 Å². The third kappa shape index (κ3) is 4.58. The van der Waals surface area contributed by atoms with E-state index in [1.165, 1.54) is 6.08 Å². The first-order valence-corrected chi connectivity index (χ1v) is 9.25. The molecule has 0 atom stereocenters. The second-order valence-electron chi connectivity index (χ2n) is 5.91. The standard InChI is InChI=1S/C21H13Cl3N2O2/c1-12-8-15(22)3-6-19(12)26-21(27)14(11-25)9-16-4-7-20(28-16)13-2-5-17(23)18(24)10-13/h2-10H,1H3,(H,26,27)/b14-9+. The monoisotopic (exact) mass is 430 g/mol. The molecule has 0 saturated heterocycles. The Morgan fingerprint density at radius 2 is 1.86 bits per heavy atom. The van der Waals surface area contributed by atoms with E-state index in [-0.39, 0.29) is 5.57 Å². The number of nitriles is 1. The van der Waals surface area contributed by atoms with Gasteiger partial charge in [0.05, 0.1) is 10.0 Å². The van der Waals surface area contributed by atoms with Crippen molar-refractivity contribution in [2.75, 3.05) is 5.32 Å². The van der Waals surface area contributed by atoms with Crippen molar-refractivity contribution in [3.05, 3.63) is 80.5 Å². The summed E-state index contributed by atoms with van der Waals surface area (Å²) in [6.07, 6.45) is 1.38. The highest BCUT2D eigenvalue weighted by atomic mass is 35.5. The fraction of sp³-hybridized carbons (Fsp3) is 0.0476. The zero-order chi connectivity index (χ0) is 20.3. The second-order valence-corrected chi connectivity index (χ2v) is 7.16. The number of aryl methyl sites for hydroxylation is 1. The van der Waals surface area contributed by atoms with Crippen molar-refractivity contribution in [2.45, 2.75) is 6.92 Å². The third-order valence-corrected chi connectivity index (χ3v) is 4.89. The minimum absolute atomic E-state index is 0.0932. The summed E-state index contributed by atoms with van der Waals surface area (Å²) in [6.45, 7) is 1.81. The van der Waals surface area contributed by atoms with Gasteiger partial charge in [-0.25, -0.2) is 0 Å². The summed E-state index contributed by atoms with van der Waals surface area (Å²) in [4.78, 5) is 12.4. The van der Waals surface area contributed by atoms with Gasteiger partial charge in [0.1, 0.15) is 23.2 Å². The highest BCUT2D eigenvalue weighted by molar-refractivity contribution is 6.42. The molecule has 1 amide bonds. The quantitative estimate of drug-likeness (QED) is 0.366. The molecule has 2 aromatic carbocycles. The molecule has 3 aromatic rings. The van der Waals surface area contributed by atoms with Crippen LogP contribution in [0.2, 0.25) is 15.1 Å². The van der Waals surface area contributed by atoms with Gasteiger partial charge in [-0.05, 0) is 61.0 Å². The Morgan fingerprint density at radius 1 is 1.07 bits per heavy atom. The van der Waals surface area contributed by atoms with Gasteiger partial charge < -0.3 is 9.73 Å². The lowest BCUT2D eigenvalue weighted by Gasteiger charge is -2.07. The summed E-state index contributed by atoms with van der Waals surface area (Å²) >= 11 is 17.9. The molecule has 1 N–H and O–H groups in total. The lowest BCUT2D eigenvalue weighted by atomic mass is 10.1. The van der Waals surface area contributed by atoms with Crippen LogP contribution >= 0.6 is 34.8 Å². The lowest BCUT2D eigenvalue weighted by Crippen LogP contribution is -2.14. The molecule has 3 rings (SSSR count). The van der Waals surface area contributed by atoms with E-state index < -0.39 is 5.91 Å². The molecule has 0 radical (unpaired) electrons. The van der Waals surface area contributed by atoms with E-state index in [2.05, 4.69) is 5.32 Å². The summed E-state index contributed by atoms with van der Waals surface area (Å²) < 4.78 is 5.71. The van der Waals surface area contributed by atoms with Gasteiger partial charge in [-0.15, -0.1) is 0 Å². The van der Waals surface area contributed by atoms with Crippen molar-refractivity contribution < 1.29 is 9.21 Å². The molecular weight excluding hydrogens is 419 g/mol. The Balaban J connectivity index is 1.82. The smallest absolute Gasteiger partial charge is 0.266 e. The lowest BCUT2D eigenvalue weighted by molar-refractivity contribution is -0.112. The van der Waals surface area contributed by atoms with Crippen LogP contribution in [0.4, 0.5) is 5.69 Å². The number of benzene rings is 2. The van der Waals surface area contributed by atoms with Crippen LogP contribution < -0.4 is 5.32 Å². The summed E-state index contributed by atoms with van der Waals surface area (Å²) in [5, 5.41) is 13.5. The van der Waals surface area contributed by atoms with Gasteiger partial charge in [0.2, 0.25) is 0 Å². The first-order valence-electron chi connectivity index (χ1n) is 8.12. The molecule has 0 aliphatic heterocycles. The Labute approximate surface area is 176 Å². The van der Waals surface area contributed by atoms with Crippen LogP contribution in [0.5, 0.6) is 0 Å². The second kappa shape index (κ2) is 8.53. The normalized spacial score (nSPS) is 11.2. The highest BCUT2D eigenvalue weighted by Gasteiger charge is 2.13. The average molecular weight is 432 g/mol. The Bertz CT molecular complexity index is 1130. The molecule has 0 unspecified atom stereocenters. The molecule has 0 spiro atoms. The van der Waals surface area contributed by atoms with Crippen molar-refractivity contribution in [2.24, 2.45) is 0 Å². The number of hydrogen-bond acceptors (Lipinski definition) is 3. The van der Waals surface area contributed by atoms with Gasteiger partial charge in [0.25, 0.3) is 5.91 Å². The van der Waals surface area contributed by atoms with Gasteiger partial charge in [-0.1, -0.05) is 34.8 Å². The number of halogens is 3. The molecule has 0 bridgehead atoms. The maximum atomic E-state index is 12.4. The van der Waals surface area contributed by atoms with Crippen molar-refractivity contribution in [3.8, 4) is 17.4 Å². The van der Waals surface area contributed by atoms with Crippen molar-refractivity contribution in [3.63, 3.8) is 0 Å². The van der Waals surface area contributed by atoms with Crippen LogP contribution in [-0.2, 0) is 4.79 Å². The number of anilines is 1. The van der Waals surface area contributed by atoms with E-state index >= 15 is 0 Å².